The number of ether oxygens (including phenoxy) is 1. The second-order valence-electron chi connectivity index (χ2n) is 7.92. The molecule has 3 aromatic carbocycles. The number of fused-ring (bicyclic) bond motifs is 2. The number of aromatic nitrogens is 1. The fraction of sp³-hybridized carbons (Fsp3) is 0.148. The zero-order valence-electron chi connectivity index (χ0n) is 18.6. The van der Waals surface area contributed by atoms with Crippen molar-refractivity contribution >= 4 is 34.2 Å². The van der Waals surface area contributed by atoms with Crippen LogP contribution < -0.4 is 14.9 Å². The predicted molar refractivity (Wildman–Crippen MR) is 131 cm³/mol. The highest BCUT2D eigenvalue weighted by Gasteiger charge is 2.34. The Bertz CT molecular complexity index is 1630. The zero-order valence-corrected chi connectivity index (χ0v) is 19.4. The lowest BCUT2D eigenvalue weighted by atomic mass is 9.91. The molecule has 0 amide bonds. The van der Waals surface area contributed by atoms with E-state index in [0.29, 0.717) is 26.2 Å². The van der Waals surface area contributed by atoms with Crippen molar-refractivity contribution in [3.05, 3.63) is 115 Å². The molecule has 0 bridgehead atoms. The largest absolute Gasteiger partial charge is 0.463 e. The number of nitrogens with zero attached hydrogens (tertiary/aromatic N) is 2. The van der Waals surface area contributed by atoms with Gasteiger partial charge in [0.2, 0.25) is 0 Å². The third-order valence-corrected chi connectivity index (χ3v) is 6.79. The third kappa shape index (κ3) is 3.78. The second kappa shape index (κ2) is 8.83. The molecule has 0 spiro atoms. The Morgan fingerprint density at radius 3 is 2.62 bits per heavy atom. The number of thiazole rings is 1. The molecular weight excluding hydrogens is 451 g/mol. The maximum Gasteiger partial charge on any atom is 0.338 e. The van der Waals surface area contributed by atoms with Crippen LogP contribution in [0.15, 0.2) is 87.8 Å². The van der Waals surface area contributed by atoms with Gasteiger partial charge in [0.15, 0.2) is 4.80 Å². The van der Waals surface area contributed by atoms with Gasteiger partial charge in [0.25, 0.3) is 5.56 Å². The highest BCUT2D eigenvalue weighted by atomic mass is 32.1. The minimum absolute atomic E-state index is 0.215. The van der Waals surface area contributed by atoms with Gasteiger partial charge in [-0.15, -0.1) is 0 Å². The lowest BCUT2D eigenvalue weighted by Crippen LogP contribution is -2.40. The first-order valence-corrected chi connectivity index (χ1v) is 11.7. The molecule has 5 rings (SSSR count). The summed E-state index contributed by atoms with van der Waals surface area (Å²) in [7, 11) is 0. The summed E-state index contributed by atoms with van der Waals surface area (Å²) in [5, 5.41) is 1.95. The van der Waals surface area contributed by atoms with Crippen molar-refractivity contribution in [2.75, 3.05) is 6.61 Å². The van der Waals surface area contributed by atoms with E-state index in [1.54, 1.807) is 36.6 Å². The van der Waals surface area contributed by atoms with Crippen LogP contribution in [0.4, 0.5) is 4.39 Å². The van der Waals surface area contributed by atoms with Crippen molar-refractivity contribution in [1.82, 2.24) is 4.57 Å². The Labute approximate surface area is 198 Å². The average molecular weight is 473 g/mol. The fourth-order valence-corrected chi connectivity index (χ4v) is 5.33. The Balaban J connectivity index is 1.80. The van der Waals surface area contributed by atoms with Gasteiger partial charge in [-0.05, 0) is 54.0 Å². The molecule has 170 valence electrons. The number of esters is 1. The topological polar surface area (TPSA) is 60.7 Å². The summed E-state index contributed by atoms with van der Waals surface area (Å²) < 4.78 is 20.7. The number of halogens is 1. The average Bonchev–Trinajstić information content (AvgIpc) is 3.13. The monoisotopic (exact) mass is 472 g/mol. The van der Waals surface area contributed by atoms with E-state index in [9.17, 15) is 14.0 Å². The minimum atomic E-state index is -0.684. The first kappa shape index (κ1) is 22.0. The van der Waals surface area contributed by atoms with Crippen LogP contribution >= 0.6 is 11.3 Å². The van der Waals surface area contributed by atoms with Crippen molar-refractivity contribution in [3.63, 3.8) is 0 Å². The van der Waals surface area contributed by atoms with Crippen molar-refractivity contribution in [2.45, 2.75) is 19.9 Å². The first-order chi connectivity index (χ1) is 16.5. The lowest BCUT2D eigenvalue weighted by molar-refractivity contribution is -0.139. The van der Waals surface area contributed by atoms with Gasteiger partial charge >= 0.3 is 5.97 Å². The van der Waals surface area contributed by atoms with Crippen LogP contribution in [0.5, 0.6) is 0 Å². The minimum Gasteiger partial charge on any atom is -0.463 e. The SMILES string of the molecule is CCOC(=O)C1=C(C)N=c2s/c(=C\c3ccc(F)cc3)c(=O)n2C1c1cccc2ccccc12. The molecule has 1 aliphatic rings. The maximum atomic E-state index is 13.7. The Kier molecular flexibility index (Phi) is 5.71. The number of carbonyl (C=O) groups is 1. The molecule has 2 heterocycles. The van der Waals surface area contributed by atoms with Crippen molar-refractivity contribution in [3.8, 4) is 0 Å². The lowest BCUT2D eigenvalue weighted by Gasteiger charge is -2.25. The first-order valence-electron chi connectivity index (χ1n) is 10.9. The van der Waals surface area contributed by atoms with Gasteiger partial charge < -0.3 is 4.74 Å². The van der Waals surface area contributed by atoms with Crippen molar-refractivity contribution in [1.29, 1.82) is 0 Å². The van der Waals surface area contributed by atoms with Gasteiger partial charge in [-0.2, -0.15) is 0 Å². The Morgan fingerprint density at radius 1 is 1.12 bits per heavy atom. The van der Waals surface area contributed by atoms with Crippen molar-refractivity contribution in [2.24, 2.45) is 4.99 Å². The second-order valence-corrected chi connectivity index (χ2v) is 8.93. The standard InChI is InChI=1S/C27H21FN2O3S/c1-3-33-26(32)23-16(2)29-27-30(24(23)21-10-6-8-18-7-4-5-9-20(18)21)25(31)22(34-27)15-17-11-13-19(28)14-12-17/h4-15,24H,3H2,1-2H3/b22-15-. The van der Waals surface area contributed by atoms with Crippen LogP contribution in [0.1, 0.15) is 31.0 Å². The number of benzene rings is 3. The van der Waals surface area contributed by atoms with Gasteiger partial charge in [0.1, 0.15) is 5.82 Å². The molecule has 1 aromatic heterocycles. The van der Waals surface area contributed by atoms with Crippen LogP contribution in [0, 0.1) is 5.82 Å². The summed E-state index contributed by atoms with van der Waals surface area (Å²) in [5.41, 5.74) is 2.13. The molecule has 4 aromatic rings. The van der Waals surface area contributed by atoms with Gasteiger partial charge in [0.05, 0.1) is 28.5 Å². The molecule has 7 heteroatoms. The van der Waals surface area contributed by atoms with Gasteiger partial charge in [-0.25, -0.2) is 14.2 Å². The van der Waals surface area contributed by atoms with E-state index >= 15 is 0 Å². The van der Waals surface area contributed by atoms with Crippen LogP contribution in [0.2, 0.25) is 0 Å². The van der Waals surface area contributed by atoms with Gasteiger partial charge in [-0.3, -0.25) is 9.36 Å². The molecule has 0 radical (unpaired) electrons. The molecule has 1 unspecified atom stereocenters. The van der Waals surface area contributed by atoms with E-state index in [1.165, 1.54) is 23.5 Å². The number of hydrogen-bond donors (Lipinski definition) is 0. The van der Waals surface area contributed by atoms with Crippen LogP contribution in [0.25, 0.3) is 16.8 Å². The van der Waals surface area contributed by atoms with E-state index in [0.717, 1.165) is 16.3 Å². The quantitative estimate of drug-likeness (QED) is 0.421. The molecule has 0 fully saturated rings. The van der Waals surface area contributed by atoms with Gasteiger partial charge in [0, 0.05) is 0 Å². The zero-order chi connectivity index (χ0) is 23.8. The van der Waals surface area contributed by atoms with E-state index in [4.69, 9.17) is 4.74 Å². The van der Waals surface area contributed by atoms with Gasteiger partial charge in [-0.1, -0.05) is 65.9 Å². The molecule has 0 saturated carbocycles. The molecule has 0 aliphatic carbocycles. The normalized spacial score (nSPS) is 15.9. The summed E-state index contributed by atoms with van der Waals surface area (Å²) in [6.07, 6.45) is 1.72. The summed E-state index contributed by atoms with van der Waals surface area (Å²) in [6, 6.07) is 19.0. The Morgan fingerprint density at radius 2 is 1.85 bits per heavy atom. The molecule has 0 N–H and O–H groups in total. The highest BCUT2D eigenvalue weighted by molar-refractivity contribution is 7.07. The number of allylic oxidation sites excluding steroid dienone is 1. The molecule has 5 nitrogen and oxygen atoms in total. The highest BCUT2D eigenvalue weighted by Crippen LogP contribution is 2.34. The number of rotatable bonds is 4. The number of carbonyl (C=O) groups excluding carboxylic acids is 1. The summed E-state index contributed by atoms with van der Waals surface area (Å²) >= 11 is 1.24. The molecule has 1 aliphatic heterocycles. The summed E-state index contributed by atoms with van der Waals surface area (Å²) in [6.45, 7) is 3.73. The smallest absolute Gasteiger partial charge is 0.338 e. The summed E-state index contributed by atoms with van der Waals surface area (Å²) in [4.78, 5) is 31.9. The molecule has 34 heavy (non-hydrogen) atoms. The van der Waals surface area contributed by atoms with E-state index in [2.05, 4.69) is 4.99 Å². The van der Waals surface area contributed by atoms with Crippen LogP contribution in [0.3, 0.4) is 0 Å². The van der Waals surface area contributed by atoms with Crippen molar-refractivity contribution < 1.29 is 13.9 Å². The van der Waals surface area contributed by atoms with Crippen LogP contribution in [-0.2, 0) is 9.53 Å². The van der Waals surface area contributed by atoms with E-state index in [-0.39, 0.29) is 18.0 Å². The van der Waals surface area contributed by atoms with E-state index in [1.807, 2.05) is 42.5 Å². The maximum absolute atomic E-state index is 13.7. The summed E-state index contributed by atoms with van der Waals surface area (Å²) in [5.74, 6) is -0.834. The Hall–Kier alpha value is -3.84. The van der Waals surface area contributed by atoms with E-state index < -0.39 is 12.0 Å². The fourth-order valence-electron chi connectivity index (χ4n) is 4.29. The number of hydrogen-bond acceptors (Lipinski definition) is 5. The predicted octanol–water partition coefficient (Wildman–Crippen LogP) is 4.09. The molecule has 1 atom stereocenters. The molecular formula is C27H21FN2O3S. The third-order valence-electron chi connectivity index (χ3n) is 5.80. The molecule has 0 saturated heterocycles. The van der Waals surface area contributed by atoms with Crippen LogP contribution in [-0.4, -0.2) is 17.1 Å².